The van der Waals surface area contributed by atoms with Crippen molar-refractivity contribution in [2.24, 2.45) is 0 Å². The first-order valence-electron chi connectivity index (χ1n) is 8.60. The van der Waals surface area contributed by atoms with Crippen molar-refractivity contribution in [3.8, 4) is 17.4 Å². The van der Waals surface area contributed by atoms with Gasteiger partial charge < -0.3 is 14.8 Å². The maximum Gasteiger partial charge on any atom is 0.323 e. The highest BCUT2D eigenvalue weighted by atomic mass is 35.5. The Balaban J connectivity index is 1.56. The zero-order chi connectivity index (χ0) is 19.5. The smallest absolute Gasteiger partial charge is 0.323 e. The average molecular weight is 397 g/mol. The summed E-state index contributed by atoms with van der Waals surface area (Å²) in [6.45, 7) is 0.469. The first kappa shape index (κ1) is 18.1. The molecule has 0 unspecified atom stereocenters. The fraction of sp³-hybridized carbons (Fsp3) is 0.150. The monoisotopic (exact) mass is 396 g/mol. The fourth-order valence-corrected chi connectivity index (χ4v) is 3.12. The van der Waals surface area contributed by atoms with Crippen LogP contribution in [0.2, 0.25) is 5.02 Å². The van der Waals surface area contributed by atoms with Gasteiger partial charge in [0.25, 0.3) is 0 Å². The van der Waals surface area contributed by atoms with Crippen LogP contribution in [0.3, 0.4) is 0 Å². The van der Waals surface area contributed by atoms with E-state index in [1.165, 1.54) is 12.4 Å². The number of hydrogen-bond acceptors (Lipinski definition) is 5. The van der Waals surface area contributed by atoms with Gasteiger partial charge in [0.05, 0.1) is 25.5 Å². The second-order valence-electron chi connectivity index (χ2n) is 6.12. The Morgan fingerprint density at radius 2 is 1.93 bits per heavy atom. The van der Waals surface area contributed by atoms with Crippen LogP contribution in [0.15, 0.2) is 60.9 Å². The van der Waals surface area contributed by atoms with Crippen molar-refractivity contribution in [2.45, 2.75) is 6.04 Å². The van der Waals surface area contributed by atoms with Gasteiger partial charge in [-0.05, 0) is 42.0 Å². The molecule has 2 aromatic carbocycles. The third-order valence-electron chi connectivity index (χ3n) is 4.35. The molecule has 1 aliphatic heterocycles. The van der Waals surface area contributed by atoms with Crippen LogP contribution in [-0.2, 0) is 0 Å². The molecule has 7 nitrogen and oxygen atoms in total. The van der Waals surface area contributed by atoms with E-state index in [-0.39, 0.29) is 12.1 Å². The summed E-state index contributed by atoms with van der Waals surface area (Å²) in [5.41, 5.74) is 0.945. The average Bonchev–Trinajstić information content (AvgIpc) is 3.12. The number of amides is 2. The summed E-state index contributed by atoms with van der Waals surface area (Å²) in [5, 5.41) is 3.47. The summed E-state index contributed by atoms with van der Waals surface area (Å²) >= 11 is 5.87. The van der Waals surface area contributed by atoms with E-state index in [0.29, 0.717) is 29.0 Å². The van der Waals surface area contributed by atoms with E-state index in [1.807, 2.05) is 24.3 Å². The summed E-state index contributed by atoms with van der Waals surface area (Å²) in [4.78, 5) is 22.6. The number of rotatable bonds is 5. The highest BCUT2D eigenvalue weighted by Crippen LogP contribution is 2.31. The van der Waals surface area contributed by atoms with Crippen molar-refractivity contribution >= 4 is 23.4 Å². The summed E-state index contributed by atoms with van der Waals surface area (Å²) in [7, 11) is 1.61. The predicted molar refractivity (Wildman–Crippen MR) is 105 cm³/mol. The van der Waals surface area contributed by atoms with Gasteiger partial charge in [-0.25, -0.2) is 14.8 Å². The molecule has 4 rings (SSSR count). The molecule has 1 atom stereocenters. The topological polar surface area (TPSA) is 76.6 Å². The molecule has 1 aromatic heterocycles. The van der Waals surface area contributed by atoms with Gasteiger partial charge in [0, 0.05) is 11.6 Å². The SMILES string of the molecule is COc1cccc([C@H]2CNC(=O)N2c2cnc(Oc3ccc(Cl)cc3)cn2)c1. The summed E-state index contributed by atoms with van der Waals surface area (Å²) in [6.07, 6.45) is 3.00. The number of anilines is 1. The number of benzene rings is 2. The zero-order valence-corrected chi connectivity index (χ0v) is 15.8. The van der Waals surface area contributed by atoms with Crippen molar-refractivity contribution < 1.29 is 14.3 Å². The van der Waals surface area contributed by atoms with Gasteiger partial charge in [-0.15, -0.1) is 0 Å². The number of carbonyl (C=O) groups is 1. The Bertz CT molecular complexity index is 980. The normalized spacial score (nSPS) is 16.0. The van der Waals surface area contributed by atoms with Crippen molar-refractivity contribution in [3.63, 3.8) is 0 Å². The van der Waals surface area contributed by atoms with Gasteiger partial charge in [-0.3, -0.25) is 4.90 Å². The highest BCUT2D eigenvalue weighted by molar-refractivity contribution is 6.30. The number of methoxy groups -OCH3 is 1. The van der Waals surface area contributed by atoms with Gasteiger partial charge in [0.2, 0.25) is 5.88 Å². The van der Waals surface area contributed by atoms with E-state index < -0.39 is 0 Å². The molecule has 1 N–H and O–H groups in total. The van der Waals surface area contributed by atoms with Crippen LogP contribution in [0, 0.1) is 0 Å². The van der Waals surface area contributed by atoms with Gasteiger partial charge in [-0.1, -0.05) is 23.7 Å². The lowest BCUT2D eigenvalue weighted by atomic mass is 10.1. The fourth-order valence-electron chi connectivity index (χ4n) is 2.99. The lowest BCUT2D eigenvalue weighted by Crippen LogP contribution is -2.30. The molecule has 1 fully saturated rings. The van der Waals surface area contributed by atoms with E-state index in [9.17, 15) is 4.79 Å². The first-order chi connectivity index (χ1) is 13.6. The number of ether oxygens (including phenoxy) is 2. The molecule has 8 heteroatoms. The van der Waals surface area contributed by atoms with Crippen LogP contribution in [0.1, 0.15) is 11.6 Å². The maximum absolute atomic E-state index is 12.4. The van der Waals surface area contributed by atoms with Gasteiger partial charge in [0.1, 0.15) is 11.5 Å². The molecule has 3 aromatic rings. The molecule has 0 radical (unpaired) electrons. The molecule has 142 valence electrons. The molecule has 2 amide bonds. The molecule has 0 bridgehead atoms. The van der Waals surface area contributed by atoms with Crippen LogP contribution in [0.5, 0.6) is 17.4 Å². The van der Waals surface area contributed by atoms with Crippen molar-refractivity contribution in [2.75, 3.05) is 18.6 Å². The molecule has 0 saturated carbocycles. The summed E-state index contributed by atoms with van der Waals surface area (Å²) in [5.74, 6) is 2.09. The summed E-state index contributed by atoms with van der Waals surface area (Å²) in [6, 6.07) is 14.1. The van der Waals surface area contributed by atoms with Crippen LogP contribution >= 0.6 is 11.6 Å². The molecule has 1 saturated heterocycles. The van der Waals surface area contributed by atoms with E-state index in [4.69, 9.17) is 21.1 Å². The Hall–Kier alpha value is -3.32. The number of urea groups is 1. The number of aromatic nitrogens is 2. The Morgan fingerprint density at radius 3 is 2.64 bits per heavy atom. The van der Waals surface area contributed by atoms with Gasteiger partial charge in [-0.2, -0.15) is 0 Å². The Kier molecular flexibility index (Phi) is 4.99. The standard InChI is InChI=1S/C20H17ClN4O3/c1-27-16-4-2-3-13(9-16)17-10-24-20(26)25(17)18-11-23-19(12-22-18)28-15-7-5-14(21)6-8-15/h2-9,11-12,17H,10H2,1H3,(H,24,26)/t17-/m1/s1. The van der Waals surface area contributed by atoms with Crippen LogP contribution in [-0.4, -0.2) is 29.7 Å². The van der Waals surface area contributed by atoms with E-state index >= 15 is 0 Å². The van der Waals surface area contributed by atoms with Crippen LogP contribution < -0.4 is 19.7 Å². The molecule has 1 aliphatic rings. The van der Waals surface area contributed by atoms with Gasteiger partial charge in [0.15, 0.2) is 5.82 Å². The lowest BCUT2D eigenvalue weighted by molar-refractivity contribution is 0.251. The van der Waals surface area contributed by atoms with E-state index in [1.54, 1.807) is 36.3 Å². The molecule has 2 heterocycles. The lowest BCUT2D eigenvalue weighted by Gasteiger charge is -2.22. The van der Waals surface area contributed by atoms with E-state index in [2.05, 4.69) is 15.3 Å². The van der Waals surface area contributed by atoms with Crippen molar-refractivity contribution in [1.82, 2.24) is 15.3 Å². The number of hydrogen-bond donors (Lipinski definition) is 1. The number of nitrogens with zero attached hydrogens (tertiary/aromatic N) is 3. The van der Waals surface area contributed by atoms with Crippen LogP contribution in [0.4, 0.5) is 10.6 Å². The minimum absolute atomic E-state index is 0.208. The Labute approximate surface area is 166 Å². The van der Waals surface area contributed by atoms with Crippen molar-refractivity contribution in [1.29, 1.82) is 0 Å². The third kappa shape index (κ3) is 3.70. The Morgan fingerprint density at radius 1 is 1.11 bits per heavy atom. The van der Waals surface area contributed by atoms with Crippen LogP contribution in [0.25, 0.3) is 0 Å². The zero-order valence-electron chi connectivity index (χ0n) is 15.0. The van der Waals surface area contributed by atoms with E-state index in [0.717, 1.165) is 11.3 Å². The number of carbonyl (C=O) groups excluding carboxylic acids is 1. The highest BCUT2D eigenvalue weighted by Gasteiger charge is 2.34. The summed E-state index contributed by atoms with van der Waals surface area (Å²) < 4.78 is 10.9. The molecular weight excluding hydrogens is 380 g/mol. The van der Waals surface area contributed by atoms with Crippen molar-refractivity contribution in [3.05, 3.63) is 71.5 Å². The molecule has 28 heavy (non-hydrogen) atoms. The minimum Gasteiger partial charge on any atom is -0.497 e. The molecule has 0 spiro atoms. The number of nitrogens with one attached hydrogen (secondary N) is 1. The number of halogens is 1. The third-order valence-corrected chi connectivity index (χ3v) is 4.61. The predicted octanol–water partition coefficient (Wildman–Crippen LogP) is 4.20. The quantitative estimate of drug-likeness (QED) is 0.699. The maximum atomic E-state index is 12.4. The first-order valence-corrected chi connectivity index (χ1v) is 8.98. The largest absolute Gasteiger partial charge is 0.497 e. The second kappa shape index (κ2) is 7.74. The van der Waals surface area contributed by atoms with Gasteiger partial charge >= 0.3 is 6.03 Å². The minimum atomic E-state index is -0.228. The second-order valence-corrected chi connectivity index (χ2v) is 6.55. The molecule has 0 aliphatic carbocycles. The molecular formula is C20H17ClN4O3.